The van der Waals surface area contributed by atoms with Gasteiger partial charge in [-0.1, -0.05) is 24.3 Å². The van der Waals surface area contributed by atoms with Gasteiger partial charge in [-0.25, -0.2) is 0 Å². The first-order valence-corrected chi connectivity index (χ1v) is 7.00. The van der Waals surface area contributed by atoms with Crippen molar-refractivity contribution in [1.29, 1.82) is 0 Å². The molecule has 1 unspecified atom stereocenters. The van der Waals surface area contributed by atoms with Crippen molar-refractivity contribution in [3.8, 4) is 0 Å². The van der Waals surface area contributed by atoms with Gasteiger partial charge in [0.25, 0.3) is 0 Å². The van der Waals surface area contributed by atoms with E-state index < -0.39 is 0 Å². The largest absolute Gasteiger partial charge is 0.382 e. The fourth-order valence-electron chi connectivity index (χ4n) is 2.42. The standard InChI is InChI=1S/C15H24N2O2/c1-18-10-11-19-9-8-17-15-6-7-16-12-13-4-2-3-5-14(13)15/h2-5,15-17H,6-12H2,1H3. The molecule has 0 saturated heterocycles. The van der Waals surface area contributed by atoms with Gasteiger partial charge in [-0.2, -0.15) is 0 Å². The summed E-state index contributed by atoms with van der Waals surface area (Å²) in [5, 5.41) is 7.05. The molecule has 0 bridgehead atoms. The Balaban J connectivity index is 1.79. The Bertz CT molecular complexity index is 371. The third kappa shape index (κ3) is 4.58. The van der Waals surface area contributed by atoms with Crippen LogP contribution >= 0.6 is 0 Å². The van der Waals surface area contributed by atoms with E-state index in [2.05, 4.69) is 34.9 Å². The van der Waals surface area contributed by atoms with Crippen molar-refractivity contribution in [2.45, 2.75) is 19.0 Å². The van der Waals surface area contributed by atoms with Gasteiger partial charge < -0.3 is 20.1 Å². The lowest BCUT2D eigenvalue weighted by atomic mass is 9.99. The number of fused-ring (bicyclic) bond motifs is 1. The predicted octanol–water partition coefficient (Wildman–Crippen LogP) is 1.47. The van der Waals surface area contributed by atoms with Gasteiger partial charge in [0.2, 0.25) is 0 Å². The van der Waals surface area contributed by atoms with Crippen molar-refractivity contribution >= 4 is 0 Å². The van der Waals surface area contributed by atoms with E-state index in [-0.39, 0.29) is 0 Å². The first kappa shape index (κ1) is 14.5. The maximum absolute atomic E-state index is 5.48. The monoisotopic (exact) mass is 264 g/mol. The van der Waals surface area contributed by atoms with Crippen LogP contribution in [0.3, 0.4) is 0 Å². The fourth-order valence-corrected chi connectivity index (χ4v) is 2.42. The second kappa shape index (κ2) is 8.27. The van der Waals surface area contributed by atoms with Crippen LogP contribution in [-0.2, 0) is 16.0 Å². The Morgan fingerprint density at radius 3 is 3.05 bits per heavy atom. The highest BCUT2D eigenvalue weighted by atomic mass is 16.5. The number of rotatable bonds is 7. The first-order chi connectivity index (χ1) is 9.42. The summed E-state index contributed by atoms with van der Waals surface area (Å²) < 4.78 is 10.4. The molecule has 1 aliphatic rings. The molecule has 0 aromatic heterocycles. The lowest BCUT2D eigenvalue weighted by Gasteiger charge is -2.19. The first-order valence-electron chi connectivity index (χ1n) is 7.00. The lowest BCUT2D eigenvalue weighted by molar-refractivity contribution is 0.0709. The molecule has 4 heteroatoms. The minimum absolute atomic E-state index is 0.428. The highest BCUT2D eigenvalue weighted by Gasteiger charge is 2.16. The third-order valence-electron chi connectivity index (χ3n) is 3.42. The van der Waals surface area contributed by atoms with E-state index in [1.807, 2.05) is 0 Å². The zero-order chi connectivity index (χ0) is 13.3. The van der Waals surface area contributed by atoms with Gasteiger partial charge in [0.1, 0.15) is 0 Å². The molecule has 0 radical (unpaired) electrons. The molecule has 2 N–H and O–H groups in total. The molecule has 0 amide bonds. The maximum atomic E-state index is 5.48. The summed E-state index contributed by atoms with van der Waals surface area (Å²) in [4.78, 5) is 0. The Hall–Kier alpha value is -0.940. The summed E-state index contributed by atoms with van der Waals surface area (Å²) in [6.07, 6.45) is 1.12. The minimum atomic E-state index is 0.428. The third-order valence-corrected chi connectivity index (χ3v) is 3.42. The van der Waals surface area contributed by atoms with Crippen LogP contribution in [0.5, 0.6) is 0 Å². The quantitative estimate of drug-likeness (QED) is 0.732. The van der Waals surface area contributed by atoms with Crippen molar-refractivity contribution < 1.29 is 9.47 Å². The van der Waals surface area contributed by atoms with Gasteiger partial charge in [0, 0.05) is 26.2 Å². The number of methoxy groups -OCH3 is 1. The van der Waals surface area contributed by atoms with Gasteiger partial charge >= 0.3 is 0 Å². The van der Waals surface area contributed by atoms with Crippen LogP contribution in [0.25, 0.3) is 0 Å². The molecule has 106 valence electrons. The predicted molar refractivity (Wildman–Crippen MR) is 76.2 cm³/mol. The Morgan fingerprint density at radius 2 is 2.16 bits per heavy atom. The number of ether oxygens (including phenoxy) is 2. The average Bonchev–Trinajstić information content (AvgIpc) is 2.65. The second-order valence-electron chi connectivity index (χ2n) is 4.78. The molecule has 1 aromatic carbocycles. The second-order valence-corrected chi connectivity index (χ2v) is 4.78. The van der Waals surface area contributed by atoms with Crippen LogP contribution in [0.4, 0.5) is 0 Å². The van der Waals surface area contributed by atoms with E-state index >= 15 is 0 Å². The van der Waals surface area contributed by atoms with Crippen LogP contribution in [0.1, 0.15) is 23.6 Å². The van der Waals surface area contributed by atoms with Crippen LogP contribution in [0, 0.1) is 0 Å². The summed E-state index contributed by atoms with van der Waals surface area (Å²) in [5.74, 6) is 0. The molecule has 1 heterocycles. The van der Waals surface area contributed by atoms with Crippen LogP contribution in [0.2, 0.25) is 0 Å². The van der Waals surface area contributed by atoms with E-state index in [0.717, 1.165) is 32.7 Å². The number of hydrogen-bond acceptors (Lipinski definition) is 4. The van der Waals surface area contributed by atoms with Gasteiger partial charge in [0.05, 0.1) is 19.8 Å². The van der Waals surface area contributed by atoms with Gasteiger partial charge in [0.15, 0.2) is 0 Å². The zero-order valence-corrected chi connectivity index (χ0v) is 11.7. The van der Waals surface area contributed by atoms with Crippen molar-refractivity contribution in [2.24, 2.45) is 0 Å². The van der Waals surface area contributed by atoms with Crippen LogP contribution in [0.15, 0.2) is 24.3 Å². The van der Waals surface area contributed by atoms with E-state index in [1.54, 1.807) is 7.11 Å². The molecule has 1 aliphatic heterocycles. The number of benzene rings is 1. The normalized spacial score (nSPS) is 18.9. The molecule has 0 fully saturated rings. The summed E-state index contributed by atoms with van der Waals surface area (Å²) in [6, 6.07) is 9.09. The fraction of sp³-hybridized carbons (Fsp3) is 0.600. The zero-order valence-electron chi connectivity index (χ0n) is 11.7. The molecule has 0 saturated carbocycles. The van der Waals surface area contributed by atoms with E-state index in [1.165, 1.54) is 11.1 Å². The molecule has 19 heavy (non-hydrogen) atoms. The molecular formula is C15H24N2O2. The van der Waals surface area contributed by atoms with Gasteiger partial charge in [-0.15, -0.1) is 0 Å². The van der Waals surface area contributed by atoms with Crippen LogP contribution in [-0.4, -0.2) is 40.0 Å². The molecule has 2 rings (SSSR count). The Morgan fingerprint density at radius 1 is 1.26 bits per heavy atom. The SMILES string of the molecule is COCCOCCNC1CCNCc2ccccc21. The Labute approximate surface area is 115 Å². The molecule has 0 aliphatic carbocycles. The van der Waals surface area contributed by atoms with Gasteiger partial charge in [-0.3, -0.25) is 0 Å². The topological polar surface area (TPSA) is 42.5 Å². The molecule has 1 atom stereocenters. The van der Waals surface area contributed by atoms with Crippen molar-refractivity contribution in [3.63, 3.8) is 0 Å². The molecule has 4 nitrogen and oxygen atoms in total. The van der Waals surface area contributed by atoms with E-state index in [9.17, 15) is 0 Å². The summed E-state index contributed by atoms with van der Waals surface area (Å²) >= 11 is 0. The number of nitrogens with one attached hydrogen (secondary N) is 2. The highest BCUT2D eigenvalue weighted by molar-refractivity contribution is 5.30. The smallest absolute Gasteiger partial charge is 0.0700 e. The van der Waals surface area contributed by atoms with Crippen molar-refractivity contribution in [2.75, 3.05) is 40.0 Å². The van der Waals surface area contributed by atoms with Crippen LogP contribution < -0.4 is 10.6 Å². The molecule has 1 aromatic rings. The van der Waals surface area contributed by atoms with Crippen molar-refractivity contribution in [3.05, 3.63) is 35.4 Å². The molecule has 0 spiro atoms. The van der Waals surface area contributed by atoms with E-state index in [4.69, 9.17) is 9.47 Å². The summed E-state index contributed by atoms with van der Waals surface area (Å²) in [5.41, 5.74) is 2.82. The van der Waals surface area contributed by atoms with Gasteiger partial charge in [-0.05, 0) is 24.1 Å². The maximum Gasteiger partial charge on any atom is 0.0700 e. The number of hydrogen-bond donors (Lipinski definition) is 2. The lowest BCUT2D eigenvalue weighted by Crippen LogP contribution is -2.27. The van der Waals surface area contributed by atoms with E-state index in [0.29, 0.717) is 19.3 Å². The Kier molecular flexibility index (Phi) is 6.30. The highest BCUT2D eigenvalue weighted by Crippen LogP contribution is 2.22. The summed E-state index contributed by atoms with van der Waals surface area (Å²) in [6.45, 7) is 4.96. The van der Waals surface area contributed by atoms with Crippen molar-refractivity contribution in [1.82, 2.24) is 10.6 Å². The summed E-state index contributed by atoms with van der Waals surface area (Å²) in [7, 11) is 1.69. The molecular weight excluding hydrogens is 240 g/mol. The minimum Gasteiger partial charge on any atom is -0.382 e. The average molecular weight is 264 g/mol.